The Bertz CT molecular complexity index is 141. The quantitative estimate of drug-likeness (QED) is 0.742. The first kappa shape index (κ1) is 11.3. The van der Waals surface area contributed by atoms with Crippen LogP contribution in [0.4, 0.5) is 0 Å². The van der Waals surface area contributed by atoms with Crippen molar-refractivity contribution < 1.29 is 0 Å². The third kappa shape index (κ3) is 4.34. The molecule has 0 aromatic carbocycles. The SMILES string of the molecule is CNC(C)CN1CCSCC(C)C1. The van der Waals surface area contributed by atoms with Gasteiger partial charge in [-0.25, -0.2) is 0 Å². The van der Waals surface area contributed by atoms with Crippen LogP contribution in [0.1, 0.15) is 13.8 Å². The van der Waals surface area contributed by atoms with Crippen LogP contribution in [0.5, 0.6) is 0 Å². The summed E-state index contributed by atoms with van der Waals surface area (Å²) < 4.78 is 0. The van der Waals surface area contributed by atoms with Crippen molar-refractivity contribution in [2.45, 2.75) is 19.9 Å². The van der Waals surface area contributed by atoms with E-state index in [0.29, 0.717) is 6.04 Å². The number of nitrogens with one attached hydrogen (secondary N) is 1. The Labute approximate surface area is 86.5 Å². The Kier molecular flexibility index (Phi) is 5.14. The lowest BCUT2D eigenvalue weighted by atomic mass is 10.2. The molecule has 0 bridgehead atoms. The zero-order valence-corrected chi connectivity index (χ0v) is 9.86. The van der Waals surface area contributed by atoms with E-state index < -0.39 is 0 Å². The molecule has 2 nitrogen and oxygen atoms in total. The average Bonchev–Trinajstić information content (AvgIpc) is 2.30. The summed E-state index contributed by atoms with van der Waals surface area (Å²) in [7, 11) is 2.04. The largest absolute Gasteiger partial charge is 0.316 e. The third-order valence-corrected chi connectivity index (χ3v) is 3.82. The van der Waals surface area contributed by atoms with E-state index >= 15 is 0 Å². The molecule has 13 heavy (non-hydrogen) atoms. The van der Waals surface area contributed by atoms with Gasteiger partial charge in [-0.15, -0.1) is 0 Å². The molecule has 1 N–H and O–H groups in total. The van der Waals surface area contributed by atoms with Crippen molar-refractivity contribution in [3.8, 4) is 0 Å². The van der Waals surface area contributed by atoms with Crippen LogP contribution in [0.25, 0.3) is 0 Å². The molecule has 1 aliphatic heterocycles. The van der Waals surface area contributed by atoms with Crippen LogP contribution in [0, 0.1) is 5.92 Å². The number of hydrogen-bond acceptors (Lipinski definition) is 3. The van der Waals surface area contributed by atoms with Crippen LogP contribution in [0.3, 0.4) is 0 Å². The summed E-state index contributed by atoms with van der Waals surface area (Å²) in [5.74, 6) is 3.50. The summed E-state index contributed by atoms with van der Waals surface area (Å²) in [4.78, 5) is 2.59. The Balaban J connectivity index is 2.30. The second-order valence-corrected chi connectivity index (χ2v) is 5.28. The third-order valence-electron chi connectivity index (χ3n) is 2.55. The smallest absolute Gasteiger partial charge is 0.0163 e. The Morgan fingerprint density at radius 3 is 3.08 bits per heavy atom. The Morgan fingerprint density at radius 2 is 2.38 bits per heavy atom. The highest BCUT2D eigenvalue weighted by atomic mass is 32.2. The van der Waals surface area contributed by atoms with Crippen molar-refractivity contribution >= 4 is 11.8 Å². The summed E-state index contributed by atoms with van der Waals surface area (Å²) in [5.41, 5.74) is 0. The molecule has 0 radical (unpaired) electrons. The molecule has 3 heteroatoms. The second kappa shape index (κ2) is 5.89. The van der Waals surface area contributed by atoms with Gasteiger partial charge >= 0.3 is 0 Å². The number of hydrogen-bond donors (Lipinski definition) is 1. The van der Waals surface area contributed by atoms with Gasteiger partial charge in [-0.3, -0.25) is 0 Å². The summed E-state index contributed by atoms with van der Waals surface area (Å²) >= 11 is 2.10. The predicted molar refractivity (Wildman–Crippen MR) is 61.5 cm³/mol. The topological polar surface area (TPSA) is 15.3 Å². The van der Waals surface area contributed by atoms with Gasteiger partial charge in [0.2, 0.25) is 0 Å². The van der Waals surface area contributed by atoms with Gasteiger partial charge in [-0.2, -0.15) is 11.8 Å². The average molecular weight is 202 g/mol. The fourth-order valence-corrected chi connectivity index (χ4v) is 2.77. The van der Waals surface area contributed by atoms with Gasteiger partial charge in [0, 0.05) is 31.4 Å². The van der Waals surface area contributed by atoms with Crippen molar-refractivity contribution in [1.82, 2.24) is 10.2 Å². The molecule has 1 saturated heterocycles. The van der Waals surface area contributed by atoms with Gasteiger partial charge in [0.1, 0.15) is 0 Å². The highest BCUT2D eigenvalue weighted by Crippen LogP contribution is 2.15. The van der Waals surface area contributed by atoms with Gasteiger partial charge in [0.25, 0.3) is 0 Å². The number of nitrogens with zero attached hydrogens (tertiary/aromatic N) is 1. The van der Waals surface area contributed by atoms with Gasteiger partial charge in [0.05, 0.1) is 0 Å². The summed E-state index contributed by atoms with van der Waals surface area (Å²) in [6, 6.07) is 0.621. The van der Waals surface area contributed by atoms with Crippen molar-refractivity contribution in [3.63, 3.8) is 0 Å². The lowest BCUT2D eigenvalue weighted by Crippen LogP contribution is -2.39. The van der Waals surface area contributed by atoms with Crippen LogP contribution in [-0.4, -0.2) is 49.1 Å². The van der Waals surface area contributed by atoms with E-state index in [2.05, 4.69) is 35.8 Å². The summed E-state index contributed by atoms with van der Waals surface area (Å²) in [6.07, 6.45) is 0. The molecule has 0 spiro atoms. The first-order chi connectivity index (χ1) is 6.22. The zero-order valence-electron chi connectivity index (χ0n) is 9.05. The van der Waals surface area contributed by atoms with Crippen molar-refractivity contribution in [2.24, 2.45) is 5.92 Å². The minimum Gasteiger partial charge on any atom is -0.316 e. The highest BCUT2D eigenvalue weighted by Gasteiger charge is 2.15. The van der Waals surface area contributed by atoms with E-state index in [9.17, 15) is 0 Å². The molecule has 1 fully saturated rings. The number of rotatable bonds is 3. The summed E-state index contributed by atoms with van der Waals surface area (Å²) in [5, 5.41) is 3.30. The molecule has 2 atom stereocenters. The molecule has 0 saturated carbocycles. The molecular formula is C10H22N2S. The Hall–Kier alpha value is 0.270. The molecule has 1 rings (SSSR count). The van der Waals surface area contributed by atoms with Crippen LogP contribution in [0.2, 0.25) is 0 Å². The summed E-state index contributed by atoms with van der Waals surface area (Å²) in [6.45, 7) is 8.35. The molecule has 0 aliphatic carbocycles. The molecule has 0 aromatic heterocycles. The predicted octanol–water partition coefficient (Wildman–Crippen LogP) is 1.28. The normalized spacial score (nSPS) is 28.4. The van der Waals surface area contributed by atoms with Crippen LogP contribution >= 0.6 is 11.8 Å². The highest BCUT2D eigenvalue weighted by molar-refractivity contribution is 7.99. The maximum Gasteiger partial charge on any atom is 0.0163 e. The van der Waals surface area contributed by atoms with Crippen molar-refractivity contribution in [1.29, 1.82) is 0 Å². The lowest BCUT2D eigenvalue weighted by molar-refractivity contribution is 0.244. The van der Waals surface area contributed by atoms with Gasteiger partial charge < -0.3 is 10.2 Å². The zero-order chi connectivity index (χ0) is 9.68. The second-order valence-electron chi connectivity index (χ2n) is 4.13. The van der Waals surface area contributed by atoms with Crippen LogP contribution in [-0.2, 0) is 0 Å². The van der Waals surface area contributed by atoms with Crippen LogP contribution in [0.15, 0.2) is 0 Å². The molecular weight excluding hydrogens is 180 g/mol. The fraction of sp³-hybridized carbons (Fsp3) is 1.00. The van der Waals surface area contributed by atoms with Crippen molar-refractivity contribution in [3.05, 3.63) is 0 Å². The first-order valence-electron chi connectivity index (χ1n) is 5.19. The van der Waals surface area contributed by atoms with Gasteiger partial charge in [0.15, 0.2) is 0 Å². The minimum absolute atomic E-state index is 0.621. The molecule has 2 unspecified atom stereocenters. The number of likely N-dealkylation sites (N-methyl/N-ethyl adjacent to an activating group) is 1. The Morgan fingerprint density at radius 1 is 1.62 bits per heavy atom. The van der Waals surface area contributed by atoms with Crippen LogP contribution < -0.4 is 5.32 Å². The maximum absolute atomic E-state index is 3.30. The van der Waals surface area contributed by atoms with E-state index in [4.69, 9.17) is 0 Å². The van der Waals surface area contributed by atoms with Crippen molar-refractivity contribution in [2.75, 3.05) is 38.2 Å². The van der Waals surface area contributed by atoms with E-state index in [1.54, 1.807) is 0 Å². The van der Waals surface area contributed by atoms with Gasteiger partial charge in [-0.05, 0) is 25.6 Å². The van der Waals surface area contributed by atoms with E-state index in [-0.39, 0.29) is 0 Å². The first-order valence-corrected chi connectivity index (χ1v) is 6.35. The lowest BCUT2D eigenvalue weighted by Gasteiger charge is -2.25. The maximum atomic E-state index is 3.30. The van der Waals surface area contributed by atoms with E-state index in [0.717, 1.165) is 5.92 Å². The molecule has 1 heterocycles. The molecule has 0 aromatic rings. The fourth-order valence-electron chi connectivity index (χ4n) is 1.71. The van der Waals surface area contributed by atoms with E-state index in [1.807, 2.05) is 7.05 Å². The standard InChI is InChI=1S/C10H22N2S/c1-9-6-12(4-5-13-8-9)7-10(2)11-3/h9-11H,4-8H2,1-3H3. The van der Waals surface area contributed by atoms with Gasteiger partial charge in [-0.1, -0.05) is 6.92 Å². The molecule has 78 valence electrons. The van der Waals surface area contributed by atoms with E-state index in [1.165, 1.54) is 31.1 Å². The molecule has 1 aliphatic rings. The molecule has 0 amide bonds. The number of thioether (sulfide) groups is 1. The minimum atomic E-state index is 0.621. The monoisotopic (exact) mass is 202 g/mol.